The summed E-state index contributed by atoms with van der Waals surface area (Å²) in [7, 11) is 1.30. The lowest BCUT2D eigenvalue weighted by molar-refractivity contribution is -0.130. The highest BCUT2D eigenvalue weighted by atomic mass is 16.5. The Morgan fingerprint density at radius 1 is 1.38 bits per heavy atom. The highest BCUT2D eigenvalue weighted by Crippen LogP contribution is 2.18. The quantitative estimate of drug-likeness (QED) is 0.624. The molecule has 1 aromatic carbocycles. The van der Waals surface area contributed by atoms with Gasteiger partial charge < -0.3 is 9.84 Å². The molecule has 16 heavy (non-hydrogen) atoms. The molecule has 4 heteroatoms. The van der Waals surface area contributed by atoms with E-state index in [1.54, 1.807) is 13.0 Å². The van der Waals surface area contributed by atoms with Crippen LogP contribution in [0.3, 0.4) is 0 Å². The molecule has 84 valence electrons. The molecule has 0 aliphatic heterocycles. The van der Waals surface area contributed by atoms with Crippen LogP contribution in [0.25, 0.3) is 5.57 Å². The monoisotopic (exact) mass is 220 g/mol. The van der Waals surface area contributed by atoms with Crippen LogP contribution < -0.4 is 0 Å². The fourth-order valence-electron chi connectivity index (χ4n) is 1.31. The van der Waals surface area contributed by atoms with Crippen molar-refractivity contribution in [2.75, 3.05) is 7.11 Å². The number of esters is 1. The molecule has 0 saturated carbocycles. The molecule has 0 bridgehead atoms. The van der Waals surface area contributed by atoms with Gasteiger partial charge in [-0.15, -0.1) is 0 Å². The van der Waals surface area contributed by atoms with Gasteiger partial charge >= 0.3 is 11.9 Å². The molecule has 0 atom stereocenters. The molecule has 1 rings (SSSR count). The van der Waals surface area contributed by atoms with Gasteiger partial charge in [-0.3, -0.25) is 0 Å². The van der Waals surface area contributed by atoms with Crippen LogP contribution in [0.15, 0.2) is 24.8 Å². The van der Waals surface area contributed by atoms with Gasteiger partial charge in [-0.05, 0) is 24.1 Å². The first-order valence-electron chi connectivity index (χ1n) is 4.59. The average molecular weight is 220 g/mol. The Kier molecular flexibility index (Phi) is 3.45. The first-order valence-corrected chi connectivity index (χ1v) is 4.59. The number of benzene rings is 1. The van der Waals surface area contributed by atoms with Crippen molar-refractivity contribution in [1.82, 2.24) is 0 Å². The van der Waals surface area contributed by atoms with Gasteiger partial charge in [0, 0.05) is 0 Å². The van der Waals surface area contributed by atoms with Crippen LogP contribution >= 0.6 is 0 Å². The third-order valence-corrected chi connectivity index (χ3v) is 2.24. The fourth-order valence-corrected chi connectivity index (χ4v) is 1.31. The molecule has 0 fully saturated rings. The number of methoxy groups -OCH3 is 1. The molecule has 1 N–H and O–H groups in total. The van der Waals surface area contributed by atoms with E-state index in [0.717, 1.165) is 0 Å². The van der Waals surface area contributed by atoms with Crippen LogP contribution in [-0.2, 0) is 9.53 Å². The zero-order chi connectivity index (χ0) is 12.3. The third kappa shape index (κ3) is 2.28. The molecule has 0 aliphatic carbocycles. The van der Waals surface area contributed by atoms with E-state index in [9.17, 15) is 9.59 Å². The maximum atomic E-state index is 11.3. The lowest BCUT2D eigenvalue weighted by atomic mass is 10.0. The van der Waals surface area contributed by atoms with Crippen LogP contribution in [0.1, 0.15) is 21.5 Å². The lowest BCUT2D eigenvalue weighted by Crippen LogP contribution is -2.05. The predicted molar refractivity (Wildman–Crippen MR) is 59.2 cm³/mol. The minimum absolute atomic E-state index is 0.000448. The van der Waals surface area contributed by atoms with Crippen LogP contribution in [0.2, 0.25) is 0 Å². The molecule has 0 aliphatic rings. The van der Waals surface area contributed by atoms with Crippen LogP contribution in [0.5, 0.6) is 0 Å². The zero-order valence-corrected chi connectivity index (χ0v) is 9.11. The SMILES string of the molecule is C=C(C(=O)O)c1ccc(C(=O)OC)c(C)c1. The van der Waals surface area contributed by atoms with Gasteiger partial charge in [0.15, 0.2) is 0 Å². The van der Waals surface area contributed by atoms with Crippen molar-refractivity contribution in [3.05, 3.63) is 41.5 Å². The Morgan fingerprint density at radius 2 is 2.00 bits per heavy atom. The Morgan fingerprint density at radius 3 is 2.44 bits per heavy atom. The number of carbonyl (C=O) groups is 2. The van der Waals surface area contributed by atoms with E-state index in [2.05, 4.69) is 11.3 Å². The summed E-state index contributed by atoms with van der Waals surface area (Å²) >= 11 is 0. The van der Waals surface area contributed by atoms with E-state index >= 15 is 0 Å². The van der Waals surface area contributed by atoms with Crippen molar-refractivity contribution in [2.45, 2.75) is 6.92 Å². The number of rotatable bonds is 3. The van der Waals surface area contributed by atoms with Gasteiger partial charge in [0.25, 0.3) is 0 Å². The topological polar surface area (TPSA) is 63.6 Å². The molecule has 0 saturated heterocycles. The van der Waals surface area contributed by atoms with E-state index in [4.69, 9.17) is 5.11 Å². The molecule has 1 aromatic rings. The normalized spacial score (nSPS) is 9.62. The molecule has 4 nitrogen and oxygen atoms in total. The van der Waals surface area contributed by atoms with E-state index < -0.39 is 11.9 Å². The summed E-state index contributed by atoms with van der Waals surface area (Å²) in [6.07, 6.45) is 0. The standard InChI is InChI=1S/C12H12O4/c1-7-6-9(8(2)11(13)14)4-5-10(7)12(15)16-3/h4-6H,2H2,1,3H3,(H,13,14). The highest BCUT2D eigenvalue weighted by Gasteiger charge is 2.12. The first kappa shape index (κ1) is 12.0. The van der Waals surface area contributed by atoms with Crippen molar-refractivity contribution in [3.63, 3.8) is 0 Å². The molecule has 0 unspecified atom stereocenters. The smallest absolute Gasteiger partial charge is 0.338 e. The van der Waals surface area contributed by atoms with Gasteiger partial charge in [-0.1, -0.05) is 18.7 Å². The Hall–Kier alpha value is -2.10. The second-order valence-corrected chi connectivity index (χ2v) is 3.30. The number of hydrogen-bond donors (Lipinski definition) is 1. The third-order valence-electron chi connectivity index (χ3n) is 2.24. The van der Waals surface area contributed by atoms with Gasteiger partial charge in [0.2, 0.25) is 0 Å². The van der Waals surface area contributed by atoms with Crippen molar-refractivity contribution in [2.24, 2.45) is 0 Å². The Balaban J connectivity index is 3.14. The number of carbonyl (C=O) groups excluding carboxylic acids is 1. The number of carboxylic acids is 1. The van der Waals surface area contributed by atoms with Gasteiger partial charge in [0.1, 0.15) is 0 Å². The van der Waals surface area contributed by atoms with Crippen molar-refractivity contribution >= 4 is 17.5 Å². The van der Waals surface area contributed by atoms with Gasteiger partial charge in [-0.2, -0.15) is 0 Å². The number of carboxylic acid groups (broad SMARTS) is 1. The lowest BCUT2D eigenvalue weighted by Gasteiger charge is -2.06. The van der Waals surface area contributed by atoms with E-state index in [1.807, 2.05) is 0 Å². The molecular weight excluding hydrogens is 208 g/mol. The summed E-state index contributed by atoms with van der Waals surface area (Å²) in [6, 6.07) is 4.67. The Bertz CT molecular complexity index is 460. The Labute approximate surface area is 93.2 Å². The summed E-state index contributed by atoms with van der Waals surface area (Å²) in [5.41, 5.74) is 1.56. The molecular formula is C12H12O4. The van der Waals surface area contributed by atoms with E-state index in [0.29, 0.717) is 16.7 Å². The molecule has 0 spiro atoms. The van der Waals surface area contributed by atoms with Crippen molar-refractivity contribution < 1.29 is 19.4 Å². The number of ether oxygens (including phenoxy) is 1. The minimum atomic E-state index is -1.08. The zero-order valence-electron chi connectivity index (χ0n) is 9.11. The second-order valence-electron chi connectivity index (χ2n) is 3.30. The average Bonchev–Trinajstić information content (AvgIpc) is 2.26. The highest BCUT2D eigenvalue weighted by molar-refractivity contribution is 6.14. The largest absolute Gasteiger partial charge is 0.478 e. The molecule has 0 amide bonds. The summed E-state index contributed by atoms with van der Waals surface area (Å²) in [4.78, 5) is 22.0. The summed E-state index contributed by atoms with van der Waals surface area (Å²) in [5, 5.41) is 8.76. The minimum Gasteiger partial charge on any atom is -0.478 e. The molecule has 0 radical (unpaired) electrons. The first-order chi connectivity index (χ1) is 7.47. The number of aryl methyl sites for hydroxylation is 1. The van der Waals surface area contributed by atoms with Crippen LogP contribution in [0.4, 0.5) is 0 Å². The van der Waals surface area contributed by atoms with Crippen LogP contribution in [-0.4, -0.2) is 24.2 Å². The summed E-state index contributed by atoms with van der Waals surface area (Å²) in [5.74, 6) is -1.52. The summed E-state index contributed by atoms with van der Waals surface area (Å²) < 4.78 is 4.59. The number of aliphatic carboxylic acids is 1. The van der Waals surface area contributed by atoms with E-state index in [-0.39, 0.29) is 5.57 Å². The molecule has 0 aromatic heterocycles. The fraction of sp³-hybridized carbons (Fsp3) is 0.167. The second kappa shape index (κ2) is 4.61. The maximum absolute atomic E-state index is 11.3. The van der Waals surface area contributed by atoms with Gasteiger partial charge in [0.05, 0.1) is 18.2 Å². The maximum Gasteiger partial charge on any atom is 0.338 e. The van der Waals surface area contributed by atoms with E-state index in [1.165, 1.54) is 19.2 Å². The predicted octanol–water partition coefficient (Wildman–Crippen LogP) is 1.88. The van der Waals surface area contributed by atoms with Crippen molar-refractivity contribution in [3.8, 4) is 0 Å². The van der Waals surface area contributed by atoms with Crippen LogP contribution in [0, 0.1) is 6.92 Å². The molecule has 0 heterocycles. The van der Waals surface area contributed by atoms with Crippen molar-refractivity contribution in [1.29, 1.82) is 0 Å². The summed E-state index contributed by atoms with van der Waals surface area (Å²) in [6.45, 7) is 5.16. The number of hydrogen-bond acceptors (Lipinski definition) is 3. The van der Waals surface area contributed by atoms with Gasteiger partial charge in [-0.25, -0.2) is 9.59 Å².